The summed E-state index contributed by atoms with van der Waals surface area (Å²) < 4.78 is 12.6. The van der Waals surface area contributed by atoms with Crippen LogP contribution in [0.4, 0.5) is 0 Å². The fourth-order valence-corrected chi connectivity index (χ4v) is 4.80. The van der Waals surface area contributed by atoms with Crippen molar-refractivity contribution in [2.45, 2.75) is 38.9 Å². The number of hydrogen-bond donors (Lipinski definition) is 1. The second-order valence-electron chi connectivity index (χ2n) is 10.2. The van der Waals surface area contributed by atoms with Crippen molar-refractivity contribution in [3.05, 3.63) is 78.9 Å². The van der Waals surface area contributed by atoms with Crippen LogP contribution in [0.2, 0.25) is 0 Å². The average molecular weight is 446 g/mol. The van der Waals surface area contributed by atoms with Gasteiger partial charge < -0.3 is 14.2 Å². The molecule has 1 heterocycles. The van der Waals surface area contributed by atoms with Gasteiger partial charge >= 0.3 is 7.48 Å². The topological polar surface area (TPSA) is 42.6 Å². The number of furan rings is 1. The van der Waals surface area contributed by atoms with Crippen LogP contribution in [-0.2, 0) is 4.65 Å². The van der Waals surface area contributed by atoms with Crippen molar-refractivity contribution in [1.29, 1.82) is 0 Å². The summed E-state index contributed by atoms with van der Waals surface area (Å²) in [4.78, 5) is 0. The van der Waals surface area contributed by atoms with E-state index in [4.69, 9.17) is 9.07 Å². The first kappa shape index (κ1) is 21.2. The summed E-state index contributed by atoms with van der Waals surface area (Å²) in [6.07, 6.45) is 0. The van der Waals surface area contributed by atoms with Gasteiger partial charge in [-0.3, -0.25) is 0 Å². The lowest BCUT2D eigenvalue weighted by Gasteiger charge is -2.37. The molecule has 1 aromatic heterocycles. The minimum Gasteiger partial charge on any atom is -0.455 e. The van der Waals surface area contributed by atoms with Gasteiger partial charge in [0.05, 0.1) is 11.2 Å². The largest absolute Gasteiger partial charge is 0.455 e. The van der Waals surface area contributed by atoms with E-state index in [0.29, 0.717) is 7.48 Å². The molecule has 0 fully saturated rings. The molecule has 0 radical (unpaired) electrons. The highest BCUT2D eigenvalue weighted by molar-refractivity contribution is 6.48. The van der Waals surface area contributed by atoms with E-state index in [0.717, 1.165) is 32.8 Å². The monoisotopic (exact) mass is 446 g/mol. The smallest absolute Gasteiger partial charge is 0.309 e. The summed E-state index contributed by atoms with van der Waals surface area (Å²) in [5.41, 5.74) is 1.30. The van der Waals surface area contributed by atoms with Crippen LogP contribution >= 0.6 is 0 Å². The molecule has 0 amide bonds. The number of hydrogen-bond acceptors (Lipinski definition) is 3. The zero-order chi connectivity index (χ0) is 23.7. The molecule has 0 unspecified atom stereocenters. The number of benzene rings is 5. The maximum Gasteiger partial charge on any atom is 0.309 e. The zero-order valence-corrected chi connectivity index (χ0v) is 20.0. The summed E-state index contributed by atoms with van der Waals surface area (Å²) in [5, 5.41) is 19.9. The molecule has 0 aliphatic rings. The van der Waals surface area contributed by atoms with Crippen LogP contribution in [-0.4, -0.2) is 23.8 Å². The van der Waals surface area contributed by atoms with Crippen LogP contribution in [0.25, 0.3) is 54.3 Å². The Balaban J connectivity index is 1.63. The molecule has 0 atom stereocenters. The molecule has 0 bridgehead atoms. The number of aliphatic hydroxyl groups is 1. The second-order valence-corrected chi connectivity index (χ2v) is 10.2. The highest BCUT2D eigenvalue weighted by atomic mass is 16.5. The maximum atomic E-state index is 10.5. The van der Waals surface area contributed by atoms with Gasteiger partial charge in [0.1, 0.15) is 11.2 Å². The molecule has 3 nitrogen and oxygen atoms in total. The van der Waals surface area contributed by atoms with Crippen molar-refractivity contribution in [3.8, 4) is 0 Å². The highest BCUT2D eigenvalue weighted by Gasteiger charge is 2.35. The molecule has 1 N–H and O–H groups in total. The van der Waals surface area contributed by atoms with Crippen LogP contribution in [0.1, 0.15) is 27.7 Å². The Bertz CT molecular complexity index is 1720. The molecule has 0 aliphatic carbocycles. The lowest BCUT2D eigenvalue weighted by molar-refractivity contribution is -0.0893. The van der Waals surface area contributed by atoms with E-state index >= 15 is 0 Å². The molecule has 0 saturated heterocycles. The van der Waals surface area contributed by atoms with Crippen molar-refractivity contribution in [2.75, 3.05) is 0 Å². The van der Waals surface area contributed by atoms with Gasteiger partial charge in [0.25, 0.3) is 0 Å². The molecule has 0 saturated carbocycles. The molecular formula is C30H27BO3. The van der Waals surface area contributed by atoms with Crippen LogP contribution in [0, 0.1) is 0 Å². The van der Waals surface area contributed by atoms with Crippen molar-refractivity contribution in [1.82, 2.24) is 0 Å². The third kappa shape index (κ3) is 3.13. The van der Waals surface area contributed by atoms with Crippen LogP contribution < -0.4 is 5.46 Å². The molecule has 0 aliphatic heterocycles. The van der Waals surface area contributed by atoms with E-state index < -0.39 is 11.2 Å². The lowest BCUT2D eigenvalue weighted by atomic mass is 9.81. The van der Waals surface area contributed by atoms with Crippen molar-refractivity contribution in [3.63, 3.8) is 0 Å². The Morgan fingerprint density at radius 1 is 0.676 bits per heavy atom. The fraction of sp³-hybridized carbons (Fsp3) is 0.200. The summed E-state index contributed by atoms with van der Waals surface area (Å²) in [6.45, 7) is 7.42. The minimum atomic E-state index is -0.945. The fourth-order valence-electron chi connectivity index (χ4n) is 4.80. The van der Waals surface area contributed by atoms with Gasteiger partial charge in [-0.15, -0.1) is 0 Å². The van der Waals surface area contributed by atoms with Crippen molar-refractivity contribution in [2.24, 2.45) is 0 Å². The molecule has 6 rings (SSSR count). The van der Waals surface area contributed by atoms with Crippen LogP contribution in [0.15, 0.2) is 83.3 Å². The Kier molecular flexibility index (Phi) is 4.57. The first-order valence-corrected chi connectivity index (χ1v) is 11.8. The molecule has 168 valence electrons. The summed E-state index contributed by atoms with van der Waals surface area (Å²) in [7, 11) is 0.425. The SMILES string of the molecule is CC(C)(O)C(C)(C)OBc1ccc2c(c1)c1ccccc1c1ccc3c4ccccc4oc3c12. The second kappa shape index (κ2) is 7.33. The number of fused-ring (bicyclic) bond motifs is 10. The van der Waals surface area contributed by atoms with Crippen molar-refractivity contribution >= 4 is 67.2 Å². The third-order valence-electron chi connectivity index (χ3n) is 7.48. The standard InChI is InChI=1S/C30H27BO3/c1-29(2,32)30(3,4)34-31-18-13-14-23-25(17-18)20-10-6-5-9-19(20)22-15-16-24-21-11-7-8-12-26(21)33-28(24)27(22)23/h5-17,31-32H,1-4H3. The highest BCUT2D eigenvalue weighted by Crippen LogP contribution is 2.41. The van der Waals surface area contributed by atoms with E-state index in [9.17, 15) is 5.11 Å². The van der Waals surface area contributed by atoms with E-state index in [1.54, 1.807) is 13.8 Å². The number of rotatable bonds is 4. The molecule has 34 heavy (non-hydrogen) atoms. The van der Waals surface area contributed by atoms with E-state index in [2.05, 4.69) is 66.7 Å². The molecule has 4 heteroatoms. The van der Waals surface area contributed by atoms with E-state index in [1.165, 1.54) is 26.9 Å². The molecule has 6 aromatic rings. The van der Waals surface area contributed by atoms with Crippen LogP contribution in [0.3, 0.4) is 0 Å². The van der Waals surface area contributed by atoms with Crippen LogP contribution in [0.5, 0.6) is 0 Å². The predicted octanol–water partition coefficient (Wildman–Crippen LogP) is 6.59. The van der Waals surface area contributed by atoms with Crippen molar-refractivity contribution < 1.29 is 14.2 Å². The molecule has 0 spiro atoms. The predicted molar refractivity (Wildman–Crippen MR) is 144 cm³/mol. The minimum absolute atomic E-state index is 0.425. The van der Waals surface area contributed by atoms with Gasteiger partial charge in [0.2, 0.25) is 0 Å². The zero-order valence-electron chi connectivity index (χ0n) is 20.0. The van der Waals surface area contributed by atoms with Gasteiger partial charge in [0.15, 0.2) is 0 Å². The maximum absolute atomic E-state index is 10.5. The summed E-state index contributed by atoms with van der Waals surface area (Å²) in [5.74, 6) is 0. The van der Waals surface area contributed by atoms with Gasteiger partial charge in [0, 0.05) is 16.2 Å². The summed E-state index contributed by atoms with van der Waals surface area (Å²) >= 11 is 0. The average Bonchev–Trinajstić information content (AvgIpc) is 3.21. The van der Waals surface area contributed by atoms with Gasteiger partial charge in [-0.2, -0.15) is 0 Å². The first-order valence-electron chi connectivity index (χ1n) is 11.8. The van der Waals surface area contributed by atoms with Gasteiger partial charge in [-0.25, -0.2) is 0 Å². The lowest BCUT2D eigenvalue weighted by Crippen LogP contribution is -2.49. The van der Waals surface area contributed by atoms with Gasteiger partial charge in [-0.05, 0) is 66.8 Å². The normalized spacial score (nSPS) is 13.0. The number of para-hydroxylation sites is 1. The molecule has 5 aromatic carbocycles. The quantitative estimate of drug-likeness (QED) is 0.245. The summed E-state index contributed by atoms with van der Waals surface area (Å²) in [6, 6.07) is 27.7. The third-order valence-corrected chi connectivity index (χ3v) is 7.48. The Morgan fingerprint density at radius 2 is 1.26 bits per heavy atom. The Labute approximate surface area is 199 Å². The van der Waals surface area contributed by atoms with E-state index in [1.807, 2.05) is 26.0 Å². The Morgan fingerprint density at radius 3 is 2.00 bits per heavy atom. The Hall–Kier alpha value is -3.34. The first-order chi connectivity index (χ1) is 16.2. The van der Waals surface area contributed by atoms with Gasteiger partial charge in [-0.1, -0.05) is 72.2 Å². The molecular weight excluding hydrogens is 419 g/mol. The van der Waals surface area contributed by atoms with E-state index in [-0.39, 0.29) is 0 Å².